The fourth-order valence-corrected chi connectivity index (χ4v) is 2.23. The fraction of sp³-hybridized carbons (Fsp3) is 0.438. The van der Waals surface area contributed by atoms with Crippen molar-refractivity contribution in [2.24, 2.45) is 0 Å². The van der Waals surface area contributed by atoms with Crippen molar-refractivity contribution < 1.29 is 19.1 Å². The SMILES string of the molecule is C[C@H](OC(=O)CSc1ccccc1)C(=O)NC(=O)NC(C)(C)C. The van der Waals surface area contributed by atoms with Gasteiger partial charge in [-0.1, -0.05) is 18.2 Å². The van der Waals surface area contributed by atoms with Gasteiger partial charge in [-0.3, -0.25) is 14.9 Å². The van der Waals surface area contributed by atoms with Gasteiger partial charge in [0, 0.05) is 10.4 Å². The largest absolute Gasteiger partial charge is 0.452 e. The maximum Gasteiger partial charge on any atom is 0.321 e. The maximum atomic E-state index is 11.8. The highest BCUT2D eigenvalue weighted by Gasteiger charge is 2.22. The summed E-state index contributed by atoms with van der Waals surface area (Å²) in [4.78, 5) is 36.0. The molecule has 7 heteroatoms. The van der Waals surface area contributed by atoms with E-state index in [4.69, 9.17) is 4.74 Å². The number of ether oxygens (including phenoxy) is 1. The van der Waals surface area contributed by atoms with E-state index in [0.29, 0.717) is 0 Å². The number of esters is 1. The van der Waals surface area contributed by atoms with E-state index in [1.54, 1.807) is 20.8 Å². The summed E-state index contributed by atoms with van der Waals surface area (Å²) in [7, 11) is 0. The lowest BCUT2D eigenvalue weighted by molar-refractivity contribution is -0.151. The van der Waals surface area contributed by atoms with Crippen LogP contribution in [0, 0.1) is 0 Å². The third kappa shape index (κ3) is 8.25. The van der Waals surface area contributed by atoms with Gasteiger partial charge in [-0.05, 0) is 39.8 Å². The highest BCUT2D eigenvalue weighted by Crippen LogP contribution is 2.17. The molecule has 0 bridgehead atoms. The summed E-state index contributed by atoms with van der Waals surface area (Å²) in [5.74, 6) is -1.09. The van der Waals surface area contributed by atoms with Gasteiger partial charge in [0.1, 0.15) is 0 Å². The van der Waals surface area contributed by atoms with E-state index in [1.165, 1.54) is 18.7 Å². The average molecular weight is 338 g/mol. The van der Waals surface area contributed by atoms with Crippen LogP contribution >= 0.6 is 11.8 Å². The molecule has 6 nitrogen and oxygen atoms in total. The first-order valence-electron chi connectivity index (χ1n) is 7.18. The molecule has 1 aromatic rings. The second-order valence-corrected chi connectivity index (χ2v) is 6.98. The van der Waals surface area contributed by atoms with E-state index < -0.39 is 29.6 Å². The topological polar surface area (TPSA) is 84.5 Å². The van der Waals surface area contributed by atoms with Crippen LogP contribution in [0.1, 0.15) is 27.7 Å². The van der Waals surface area contributed by atoms with Crippen molar-refractivity contribution in [2.45, 2.75) is 44.2 Å². The second kappa shape index (κ2) is 8.57. The van der Waals surface area contributed by atoms with Gasteiger partial charge in [0.2, 0.25) is 0 Å². The molecular formula is C16H22N2O4S. The maximum absolute atomic E-state index is 11.8. The first kappa shape index (κ1) is 19.0. The molecule has 0 fully saturated rings. The lowest BCUT2D eigenvalue weighted by Gasteiger charge is -2.21. The van der Waals surface area contributed by atoms with Crippen LogP contribution in [-0.4, -0.2) is 35.3 Å². The Balaban J connectivity index is 2.36. The van der Waals surface area contributed by atoms with Crippen LogP contribution in [0.15, 0.2) is 35.2 Å². The Bertz CT molecular complexity index is 555. The molecule has 0 aromatic heterocycles. The van der Waals surface area contributed by atoms with Crippen LogP contribution in [0.5, 0.6) is 0 Å². The van der Waals surface area contributed by atoms with Gasteiger partial charge in [0.15, 0.2) is 6.10 Å². The van der Waals surface area contributed by atoms with Crippen molar-refractivity contribution in [2.75, 3.05) is 5.75 Å². The Morgan fingerprint density at radius 2 is 1.78 bits per heavy atom. The smallest absolute Gasteiger partial charge is 0.321 e. The van der Waals surface area contributed by atoms with Crippen LogP contribution in [0.25, 0.3) is 0 Å². The van der Waals surface area contributed by atoms with E-state index in [2.05, 4.69) is 10.6 Å². The molecule has 0 aliphatic rings. The summed E-state index contributed by atoms with van der Waals surface area (Å²) < 4.78 is 5.01. The van der Waals surface area contributed by atoms with E-state index in [-0.39, 0.29) is 5.75 Å². The number of imide groups is 1. The molecule has 0 saturated carbocycles. The van der Waals surface area contributed by atoms with Gasteiger partial charge in [0.25, 0.3) is 5.91 Å². The molecule has 0 radical (unpaired) electrons. The summed E-state index contributed by atoms with van der Waals surface area (Å²) in [6, 6.07) is 8.77. The van der Waals surface area contributed by atoms with Gasteiger partial charge in [0.05, 0.1) is 5.75 Å². The summed E-state index contributed by atoms with van der Waals surface area (Å²) >= 11 is 1.32. The third-order valence-electron chi connectivity index (χ3n) is 2.50. The molecule has 0 aliphatic carbocycles. The highest BCUT2D eigenvalue weighted by molar-refractivity contribution is 8.00. The standard InChI is InChI=1S/C16H22N2O4S/c1-11(14(20)17-15(21)18-16(2,3)4)22-13(19)10-23-12-8-6-5-7-9-12/h5-9,11H,10H2,1-4H3,(H2,17,18,20,21)/t11-/m0/s1. The second-order valence-electron chi connectivity index (χ2n) is 5.93. The van der Waals surface area contributed by atoms with Crippen LogP contribution in [-0.2, 0) is 14.3 Å². The van der Waals surface area contributed by atoms with Crippen LogP contribution in [0.2, 0.25) is 0 Å². The molecule has 0 aliphatic heterocycles. The van der Waals surface area contributed by atoms with Gasteiger partial charge in [-0.25, -0.2) is 4.79 Å². The summed E-state index contributed by atoms with van der Waals surface area (Å²) in [5.41, 5.74) is -0.462. The Labute approximate surface area is 140 Å². The number of urea groups is 1. The van der Waals surface area contributed by atoms with E-state index in [1.807, 2.05) is 30.3 Å². The van der Waals surface area contributed by atoms with Crippen LogP contribution in [0.3, 0.4) is 0 Å². The number of carbonyl (C=O) groups is 3. The minimum atomic E-state index is -1.04. The summed E-state index contributed by atoms with van der Waals surface area (Å²) in [6.07, 6.45) is -1.04. The number of hydrogen-bond acceptors (Lipinski definition) is 5. The quantitative estimate of drug-likeness (QED) is 0.636. The van der Waals surface area contributed by atoms with Crippen molar-refractivity contribution in [3.8, 4) is 0 Å². The zero-order valence-electron chi connectivity index (χ0n) is 13.7. The first-order chi connectivity index (χ1) is 10.7. The average Bonchev–Trinajstić information content (AvgIpc) is 2.44. The van der Waals surface area contributed by atoms with Gasteiger partial charge < -0.3 is 10.1 Å². The Hall–Kier alpha value is -2.02. The monoisotopic (exact) mass is 338 g/mol. The Morgan fingerprint density at radius 3 is 2.35 bits per heavy atom. The van der Waals surface area contributed by atoms with Crippen molar-refractivity contribution in [1.29, 1.82) is 0 Å². The number of rotatable bonds is 5. The molecule has 23 heavy (non-hydrogen) atoms. The predicted octanol–water partition coefficient (Wildman–Crippen LogP) is 2.33. The molecular weight excluding hydrogens is 316 g/mol. The Morgan fingerprint density at radius 1 is 1.17 bits per heavy atom. The molecule has 0 unspecified atom stereocenters. The molecule has 126 valence electrons. The summed E-state index contributed by atoms with van der Waals surface area (Å²) in [6.45, 7) is 6.80. The first-order valence-corrected chi connectivity index (χ1v) is 8.16. The third-order valence-corrected chi connectivity index (χ3v) is 3.49. The highest BCUT2D eigenvalue weighted by atomic mass is 32.2. The van der Waals surface area contributed by atoms with E-state index in [9.17, 15) is 14.4 Å². The van der Waals surface area contributed by atoms with Crippen LogP contribution in [0.4, 0.5) is 4.79 Å². The Kier molecular flexibility index (Phi) is 7.09. The van der Waals surface area contributed by atoms with Gasteiger partial charge in [-0.15, -0.1) is 11.8 Å². The van der Waals surface area contributed by atoms with E-state index >= 15 is 0 Å². The van der Waals surface area contributed by atoms with Crippen molar-refractivity contribution in [1.82, 2.24) is 10.6 Å². The molecule has 3 amide bonds. The zero-order valence-corrected chi connectivity index (χ0v) is 14.5. The van der Waals surface area contributed by atoms with Crippen molar-refractivity contribution in [3.63, 3.8) is 0 Å². The lowest BCUT2D eigenvalue weighted by atomic mass is 10.1. The lowest BCUT2D eigenvalue weighted by Crippen LogP contribution is -2.50. The molecule has 0 saturated heterocycles. The predicted molar refractivity (Wildman–Crippen MR) is 89.1 cm³/mol. The van der Waals surface area contributed by atoms with Gasteiger partial charge >= 0.3 is 12.0 Å². The van der Waals surface area contributed by atoms with E-state index in [0.717, 1.165) is 4.90 Å². The number of benzene rings is 1. The fourth-order valence-electron chi connectivity index (χ4n) is 1.53. The molecule has 2 N–H and O–H groups in total. The zero-order chi connectivity index (χ0) is 17.5. The minimum absolute atomic E-state index is 0.0931. The van der Waals surface area contributed by atoms with Crippen molar-refractivity contribution in [3.05, 3.63) is 30.3 Å². The number of carbonyl (C=O) groups excluding carboxylic acids is 3. The molecule has 0 heterocycles. The molecule has 1 aromatic carbocycles. The molecule has 0 spiro atoms. The minimum Gasteiger partial charge on any atom is -0.452 e. The number of thioether (sulfide) groups is 1. The summed E-state index contributed by atoms with van der Waals surface area (Å²) in [5, 5.41) is 4.73. The van der Waals surface area contributed by atoms with Crippen LogP contribution < -0.4 is 10.6 Å². The number of amides is 3. The van der Waals surface area contributed by atoms with Gasteiger partial charge in [-0.2, -0.15) is 0 Å². The molecule has 1 atom stereocenters. The number of nitrogens with one attached hydrogen (secondary N) is 2. The van der Waals surface area contributed by atoms with Crippen molar-refractivity contribution >= 4 is 29.7 Å². The molecule has 1 rings (SSSR count). The number of hydrogen-bond donors (Lipinski definition) is 2. The normalized spacial score (nSPS) is 12.2.